The van der Waals surface area contributed by atoms with Crippen LogP contribution in [0.1, 0.15) is 45.4 Å². The Morgan fingerprint density at radius 2 is 2.00 bits per heavy atom. The third-order valence-corrected chi connectivity index (χ3v) is 5.60. The molecule has 2 aromatic carbocycles. The summed E-state index contributed by atoms with van der Waals surface area (Å²) in [6, 6.07) is 11.5. The zero-order valence-electron chi connectivity index (χ0n) is 13.3. The summed E-state index contributed by atoms with van der Waals surface area (Å²) in [5.74, 6) is -0.488. The molecule has 1 N–H and O–H groups in total. The first kappa shape index (κ1) is 15.3. The van der Waals surface area contributed by atoms with Gasteiger partial charge in [-0.05, 0) is 42.0 Å². The van der Waals surface area contributed by atoms with Crippen LogP contribution in [0.5, 0.6) is 0 Å². The second-order valence-corrected chi connectivity index (χ2v) is 6.89. The maximum absolute atomic E-state index is 11.4. The first-order valence-electron chi connectivity index (χ1n) is 8.10. The topological polar surface area (TPSA) is 52.2 Å². The van der Waals surface area contributed by atoms with Gasteiger partial charge in [0, 0.05) is 22.2 Å². The van der Waals surface area contributed by atoms with Gasteiger partial charge < -0.3 is 15.2 Å². The minimum atomic E-state index is -1.14. The highest BCUT2D eigenvalue weighted by atomic mass is 35.5. The number of allylic oxidation sites excluding steroid dienone is 2. The number of halogens is 1. The number of hydrogen-bond donors (Lipinski definition) is 1. The number of anilines is 1. The monoisotopic (exact) mass is 338 g/mol. The SMILES string of the molecule is Cc1c(C(=O)[O-])ccc2c1N[C@@H](c1ccccc1Cl)[C@H]1CC=C[C@H]21. The lowest BCUT2D eigenvalue weighted by atomic mass is 9.76. The summed E-state index contributed by atoms with van der Waals surface area (Å²) in [6.45, 7) is 1.83. The fourth-order valence-electron chi connectivity index (χ4n) is 4.07. The van der Waals surface area contributed by atoms with Crippen LogP contribution in [0.15, 0.2) is 48.6 Å². The molecule has 0 saturated carbocycles. The maximum Gasteiger partial charge on any atom is 0.0718 e. The summed E-state index contributed by atoms with van der Waals surface area (Å²) < 4.78 is 0. The Balaban J connectivity index is 1.87. The fraction of sp³-hybridized carbons (Fsp3) is 0.250. The van der Waals surface area contributed by atoms with Crippen LogP contribution in [0.4, 0.5) is 5.69 Å². The van der Waals surface area contributed by atoms with Crippen molar-refractivity contribution in [2.45, 2.75) is 25.3 Å². The average molecular weight is 339 g/mol. The molecule has 0 aromatic heterocycles. The lowest BCUT2D eigenvalue weighted by molar-refractivity contribution is -0.255. The molecule has 0 amide bonds. The summed E-state index contributed by atoms with van der Waals surface area (Å²) >= 11 is 6.43. The molecule has 24 heavy (non-hydrogen) atoms. The van der Waals surface area contributed by atoms with E-state index in [2.05, 4.69) is 17.5 Å². The minimum Gasteiger partial charge on any atom is -0.545 e. The molecular formula is C20H17ClNO2-. The van der Waals surface area contributed by atoms with Gasteiger partial charge in [0.1, 0.15) is 0 Å². The predicted molar refractivity (Wildman–Crippen MR) is 93.3 cm³/mol. The molecule has 0 fully saturated rings. The number of rotatable bonds is 2. The van der Waals surface area contributed by atoms with Crippen LogP contribution in [-0.4, -0.2) is 5.97 Å². The van der Waals surface area contributed by atoms with E-state index in [1.165, 1.54) is 0 Å². The van der Waals surface area contributed by atoms with Gasteiger partial charge in [0.2, 0.25) is 0 Å². The van der Waals surface area contributed by atoms with Gasteiger partial charge >= 0.3 is 0 Å². The van der Waals surface area contributed by atoms with Crippen molar-refractivity contribution in [2.75, 3.05) is 5.32 Å². The molecule has 4 rings (SSSR count). The molecular weight excluding hydrogens is 322 g/mol. The quantitative estimate of drug-likeness (QED) is 0.846. The molecule has 0 saturated heterocycles. The second-order valence-electron chi connectivity index (χ2n) is 6.49. The lowest BCUT2D eigenvalue weighted by Gasteiger charge is -2.39. The van der Waals surface area contributed by atoms with Gasteiger partial charge in [-0.25, -0.2) is 0 Å². The van der Waals surface area contributed by atoms with Crippen molar-refractivity contribution >= 4 is 23.3 Å². The zero-order valence-corrected chi connectivity index (χ0v) is 14.0. The number of hydrogen-bond acceptors (Lipinski definition) is 3. The van der Waals surface area contributed by atoms with Crippen molar-refractivity contribution < 1.29 is 9.90 Å². The highest BCUT2D eigenvalue weighted by Gasteiger charge is 2.39. The van der Waals surface area contributed by atoms with Gasteiger partial charge in [-0.3, -0.25) is 0 Å². The molecule has 1 aliphatic carbocycles. The maximum atomic E-state index is 11.4. The van der Waals surface area contributed by atoms with Crippen molar-refractivity contribution in [3.05, 3.63) is 75.8 Å². The van der Waals surface area contributed by atoms with Crippen molar-refractivity contribution in [2.24, 2.45) is 5.92 Å². The number of benzene rings is 2. The van der Waals surface area contributed by atoms with Gasteiger partial charge in [0.25, 0.3) is 0 Å². The molecule has 1 aliphatic heterocycles. The van der Waals surface area contributed by atoms with E-state index in [-0.39, 0.29) is 17.5 Å². The molecule has 0 radical (unpaired) electrons. The molecule has 0 unspecified atom stereocenters. The Bertz CT molecular complexity index is 859. The lowest BCUT2D eigenvalue weighted by Crippen LogP contribution is -2.31. The van der Waals surface area contributed by atoms with Gasteiger partial charge in [0.15, 0.2) is 0 Å². The minimum absolute atomic E-state index is 0.0573. The van der Waals surface area contributed by atoms with E-state index in [0.29, 0.717) is 5.92 Å². The van der Waals surface area contributed by atoms with Crippen LogP contribution in [-0.2, 0) is 0 Å². The predicted octanol–water partition coefficient (Wildman–Crippen LogP) is 3.84. The molecule has 1 heterocycles. The second kappa shape index (κ2) is 5.67. The van der Waals surface area contributed by atoms with Crippen LogP contribution >= 0.6 is 11.6 Å². The van der Waals surface area contributed by atoms with Crippen LogP contribution in [0.3, 0.4) is 0 Å². The number of carboxylic acid groups (broad SMARTS) is 1. The van der Waals surface area contributed by atoms with Gasteiger partial charge in [0.05, 0.1) is 12.0 Å². The van der Waals surface area contributed by atoms with E-state index < -0.39 is 5.97 Å². The van der Waals surface area contributed by atoms with Crippen LogP contribution in [0.25, 0.3) is 0 Å². The molecule has 0 bridgehead atoms. The summed E-state index contributed by atoms with van der Waals surface area (Å²) in [4.78, 5) is 11.4. The number of fused-ring (bicyclic) bond motifs is 3. The molecule has 2 aliphatic rings. The van der Waals surface area contributed by atoms with Crippen LogP contribution in [0, 0.1) is 12.8 Å². The number of carboxylic acids is 1. The molecule has 122 valence electrons. The van der Waals surface area contributed by atoms with Crippen molar-refractivity contribution in [3.8, 4) is 0 Å². The van der Waals surface area contributed by atoms with E-state index in [1.807, 2.05) is 37.3 Å². The summed E-state index contributed by atoms with van der Waals surface area (Å²) in [7, 11) is 0. The number of aromatic carboxylic acids is 1. The Labute approximate surface area is 146 Å². The standard InChI is InChI=1S/C20H18ClNO2/c1-11-12(20(23)24)9-10-15-13-6-4-7-14(13)19(22-18(11)15)16-5-2-3-8-17(16)21/h2-6,8-10,13-14,19,22H,7H2,1H3,(H,23,24)/p-1/t13-,14-,19+/m0/s1. The van der Waals surface area contributed by atoms with E-state index in [9.17, 15) is 9.90 Å². The Morgan fingerprint density at radius 3 is 2.75 bits per heavy atom. The van der Waals surface area contributed by atoms with Crippen LogP contribution < -0.4 is 10.4 Å². The van der Waals surface area contributed by atoms with Crippen LogP contribution in [0.2, 0.25) is 5.02 Å². The number of carbonyl (C=O) groups excluding carboxylic acids is 1. The summed E-state index contributed by atoms with van der Waals surface area (Å²) in [5.41, 5.74) is 4.07. The van der Waals surface area contributed by atoms with E-state index in [1.54, 1.807) is 6.07 Å². The highest BCUT2D eigenvalue weighted by Crippen LogP contribution is 2.51. The number of carbonyl (C=O) groups is 1. The largest absolute Gasteiger partial charge is 0.545 e. The summed E-state index contributed by atoms with van der Waals surface area (Å²) in [5, 5.41) is 15.7. The third-order valence-electron chi connectivity index (χ3n) is 5.26. The highest BCUT2D eigenvalue weighted by molar-refractivity contribution is 6.31. The average Bonchev–Trinajstić information content (AvgIpc) is 3.05. The van der Waals surface area contributed by atoms with Gasteiger partial charge in [-0.2, -0.15) is 0 Å². The van der Waals surface area contributed by atoms with Gasteiger partial charge in [-0.1, -0.05) is 54.1 Å². The first-order valence-corrected chi connectivity index (χ1v) is 8.48. The molecule has 4 heteroatoms. The third kappa shape index (κ3) is 2.23. The van der Waals surface area contributed by atoms with Crippen molar-refractivity contribution in [1.29, 1.82) is 0 Å². The van der Waals surface area contributed by atoms with Gasteiger partial charge in [-0.15, -0.1) is 0 Å². The van der Waals surface area contributed by atoms with E-state index in [4.69, 9.17) is 11.6 Å². The Kier molecular flexibility index (Phi) is 3.61. The molecule has 3 nitrogen and oxygen atoms in total. The Morgan fingerprint density at radius 1 is 1.21 bits per heavy atom. The number of nitrogens with one attached hydrogen (secondary N) is 1. The smallest absolute Gasteiger partial charge is 0.0718 e. The molecule has 3 atom stereocenters. The fourth-order valence-corrected chi connectivity index (χ4v) is 4.32. The van der Waals surface area contributed by atoms with Crippen molar-refractivity contribution in [3.63, 3.8) is 0 Å². The normalized spacial score (nSPS) is 24.2. The zero-order chi connectivity index (χ0) is 16.8. The molecule has 0 spiro atoms. The van der Waals surface area contributed by atoms with E-state index in [0.717, 1.165) is 33.8 Å². The molecule has 2 aromatic rings. The van der Waals surface area contributed by atoms with Crippen molar-refractivity contribution in [1.82, 2.24) is 0 Å². The summed E-state index contributed by atoms with van der Waals surface area (Å²) in [6.07, 6.45) is 5.42. The van der Waals surface area contributed by atoms with E-state index >= 15 is 0 Å². The first-order chi connectivity index (χ1) is 11.6. The Hall–Kier alpha value is -2.26.